The van der Waals surface area contributed by atoms with E-state index < -0.39 is 10.2 Å². The molecule has 3 N–H and O–H groups in total. The van der Waals surface area contributed by atoms with Crippen LogP contribution in [0.15, 0.2) is 42.5 Å². The summed E-state index contributed by atoms with van der Waals surface area (Å²) in [5.74, 6) is 0.720. The van der Waals surface area contributed by atoms with Gasteiger partial charge in [0.2, 0.25) is 0 Å². The van der Waals surface area contributed by atoms with Crippen LogP contribution in [0.4, 0.5) is 0 Å². The molecule has 0 aliphatic heterocycles. The van der Waals surface area contributed by atoms with Gasteiger partial charge < -0.3 is 4.74 Å². The van der Waals surface area contributed by atoms with Crippen LogP contribution in [0.5, 0.6) is 5.75 Å². The van der Waals surface area contributed by atoms with Crippen molar-refractivity contribution in [2.75, 3.05) is 13.7 Å². The van der Waals surface area contributed by atoms with Gasteiger partial charge in [-0.25, -0.2) is 14.5 Å². The van der Waals surface area contributed by atoms with E-state index >= 15 is 0 Å². The Hall–Kier alpha value is -2.49. The minimum absolute atomic E-state index is 0.234. The number of nitrogens with one attached hydrogen (secondary N) is 1. The molecule has 8 nitrogen and oxygen atoms in total. The predicted octanol–water partition coefficient (Wildman–Crippen LogP) is 0.765. The number of methoxy groups -OCH3 is 1. The zero-order chi connectivity index (χ0) is 17.2. The Bertz CT molecular complexity index is 968. The summed E-state index contributed by atoms with van der Waals surface area (Å²) >= 11 is 0. The van der Waals surface area contributed by atoms with Gasteiger partial charge in [0.25, 0.3) is 10.2 Å². The van der Waals surface area contributed by atoms with Crippen LogP contribution in [0, 0.1) is 0 Å². The maximum Gasteiger partial charge on any atom is 0.274 e. The summed E-state index contributed by atoms with van der Waals surface area (Å²) in [6.45, 7) is 0.234. The van der Waals surface area contributed by atoms with Gasteiger partial charge in [-0.15, -0.1) is 5.10 Å². The van der Waals surface area contributed by atoms with Crippen LogP contribution in [-0.4, -0.2) is 37.1 Å². The van der Waals surface area contributed by atoms with E-state index in [1.54, 1.807) is 11.8 Å². The molecule has 9 heteroatoms. The maximum absolute atomic E-state index is 10.9. The highest BCUT2D eigenvalue weighted by molar-refractivity contribution is 7.87. The third-order valence-electron chi connectivity index (χ3n) is 3.52. The molecular formula is C15H17N5O3S. The first kappa shape index (κ1) is 16.4. The van der Waals surface area contributed by atoms with Crippen molar-refractivity contribution >= 4 is 21.2 Å². The van der Waals surface area contributed by atoms with Crippen molar-refractivity contribution < 1.29 is 13.2 Å². The quantitative estimate of drug-likeness (QED) is 0.684. The van der Waals surface area contributed by atoms with Crippen LogP contribution in [0.1, 0.15) is 5.56 Å². The Kier molecular flexibility index (Phi) is 4.47. The molecule has 1 heterocycles. The van der Waals surface area contributed by atoms with Crippen molar-refractivity contribution in [3.63, 3.8) is 0 Å². The summed E-state index contributed by atoms with van der Waals surface area (Å²) in [7, 11) is -2.07. The van der Waals surface area contributed by atoms with E-state index in [9.17, 15) is 8.42 Å². The number of aromatic nitrogens is 3. The standard InChI is InChI=1S/C15H17N5O3S/c1-23-13-5-6-15-14(10-13)18-19-20(15)12-4-2-3-11(9-12)7-8-17-24(16,21)22/h2-6,9-10,17H,7-8H2,1H3,(H2,16,21,22). The molecule has 1 aromatic heterocycles. The second-order valence-electron chi connectivity index (χ2n) is 5.22. The van der Waals surface area contributed by atoms with Crippen molar-refractivity contribution in [1.29, 1.82) is 0 Å². The lowest BCUT2D eigenvalue weighted by atomic mass is 10.1. The Morgan fingerprint density at radius 1 is 1.25 bits per heavy atom. The van der Waals surface area contributed by atoms with Gasteiger partial charge in [-0.1, -0.05) is 17.3 Å². The summed E-state index contributed by atoms with van der Waals surface area (Å²) in [6.07, 6.45) is 0.519. The minimum atomic E-state index is -3.67. The smallest absolute Gasteiger partial charge is 0.274 e. The molecule has 0 fully saturated rings. The van der Waals surface area contributed by atoms with Gasteiger partial charge in [0.15, 0.2) is 0 Å². The molecule has 0 saturated heterocycles. The average molecular weight is 347 g/mol. The first-order chi connectivity index (χ1) is 11.5. The van der Waals surface area contributed by atoms with Crippen molar-refractivity contribution in [3.8, 4) is 11.4 Å². The predicted molar refractivity (Wildman–Crippen MR) is 90.2 cm³/mol. The zero-order valence-electron chi connectivity index (χ0n) is 13.0. The van der Waals surface area contributed by atoms with Gasteiger partial charge in [0.05, 0.1) is 18.3 Å². The van der Waals surface area contributed by atoms with Crippen molar-refractivity contribution in [3.05, 3.63) is 48.0 Å². The maximum atomic E-state index is 10.9. The molecular weight excluding hydrogens is 330 g/mol. The number of hydrogen-bond donors (Lipinski definition) is 2. The SMILES string of the molecule is COc1ccc2c(c1)nnn2-c1cccc(CCNS(N)(=O)=O)c1. The second kappa shape index (κ2) is 6.56. The number of rotatable bonds is 6. The van der Waals surface area contributed by atoms with E-state index in [-0.39, 0.29) is 6.54 Å². The monoisotopic (exact) mass is 347 g/mol. The normalized spacial score (nSPS) is 11.8. The van der Waals surface area contributed by atoms with Gasteiger partial charge in [0, 0.05) is 12.6 Å². The number of hydrogen-bond acceptors (Lipinski definition) is 5. The van der Waals surface area contributed by atoms with Crippen LogP contribution in [0.25, 0.3) is 16.7 Å². The molecule has 0 aliphatic rings. The molecule has 3 rings (SSSR count). The van der Waals surface area contributed by atoms with Crippen LogP contribution in [0.2, 0.25) is 0 Å². The lowest BCUT2D eigenvalue weighted by Gasteiger charge is -2.07. The van der Waals surface area contributed by atoms with Crippen molar-refractivity contribution in [2.45, 2.75) is 6.42 Å². The van der Waals surface area contributed by atoms with E-state index in [0.717, 1.165) is 28.0 Å². The Labute approximate surface area is 139 Å². The molecule has 0 amide bonds. The van der Waals surface area contributed by atoms with E-state index in [2.05, 4.69) is 15.0 Å². The van der Waals surface area contributed by atoms with Crippen LogP contribution >= 0.6 is 0 Å². The third-order valence-corrected chi connectivity index (χ3v) is 4.13. The van der Waals surface area contributed by atoms with Gasteiger partial charge in [0.1, 0.15) is 11.3 Å². The Morgan fingerprint density at radius 3 is 2.83 bits per heavy atom. The van der Waals surface area contributed by atoms with Crippen molar-refractivity contribution in [1.82, 2.24) is 19.7 Å². The topological polar surface area (TPSA) is 112 Å². The second-order valence-corrected chi connectivity index (χ2v) is 6.59. The van der Waals surface area contributed by atoms with Gasteiger partial charge in [-0.2, -0.15) is 8.42 Å². The zero-order valence-corrected chi connectivity index (χ0v) is 13.8. The lowest BCUT2D eigenvalue weighted by molar-refractivity contribution is 0.415. The largest absolute Gasteiger partial charge is 0.497 e. The van der Waals surface area contributed by atoms with Crippen molar-refractivity contribution in [2.24, 2.45) is 5.14 Å². The highest BCUT2D eigenvalue weighted by Crippen LogP contribution is 2.21. The van der Waals surface area contributed by atoms with Crippen LogP contribution in [-0.2, 0) is 16.6 Å². The number of benzene rings is 2. The van der Waals surface area contributed by atoms with E-state index in [0.29, 0.717) is 6.42 Å². The fourth-order valence-corrected chi connectivity index (χ4v) is 2.79. The Morgan fingerprint density at radius 2 is 2.08 bits per heavy atom. The molecule has 0 bridgehead atoms. The Balaban J connectivity index is 1.86. The summed E-state index contributed by atoms with van der Waals surface area (Å²) in [4.78, 5) is 0. The molecule has 0 radical (unpaired) electrons. The van der Waals surface area contributed by atoms with Gasteiger partial charge >= 0.3 is 0 Å². The van der Waals surface area contributed by atoms with E-state index in [1.807, 2.05) is 42.5 Å². The molecule has 3 aromatic rings. The van der Waals surface area contributed by atoms with Gasteiger partial charge in [-0.3, -0.25) is 0 Å². The average Bonchev–Trinajstić information content (AvgIpc) is 2.97. The summed E-state index contributed by atoms with van der Waals surface area (Å²) in [5.41, 5.74) is 3.39. The van der Waals surface area contributed by atoms with Crippen LogP contribution < -0.4 is 14.6 Å². The molecule has 24 heavy (non-hydrogen) atoms. The number of nitrogens with two attached hydrogens (primary N) is 1. The fraction of sp³-hybridized carbons (Fsp3) is 0.200. The highest BCUT2D eigenvalue weighted by atomic mass is 32.2. The lowest BCUT2D eigenvalue weighted by Crippen LogP contribution is -2.32. The summed E-state index contributed by atoms with van der Waals surface area (Å²) in [6, 6.07) is 13.2. The molecule has 0 aliphatic carbocycles. The minimum Gasteiger partial charge on any atom is -0.497 e. The first-order valence-electron chi connectivity index (χ1n) is 7.22. The van der Waals surface area contributed by atoms with Crippen LogP contribution in [0.3, 0.4) is 0 Å². The summed E-state index contributed by atoms with van der Waals surface area (Å²) < 4.78 is 31.0. The summed E-state index contributed by atoms with van der Waals surface area (Å²) in [5, 5.41) is 13.3. The molecule has 126 valence electrons. The molecule has 0 atom stereocenters. The van der Waals surface area contributed by atoms with Gasteiger partial charge in [-0.05, 0) is 36.2 Å². The number of fused-ring (bicyclic) bond motifs is 1. The molecule has 2 aromatic carbocycles. The molecule has 0 spiro atoms. The van der Waals surface area contributed by atoms with E-state index in [1.165, 1.54) is 0 Å². The third kappa shape index (κ3) is 3.70. The van der Waals surface area contributed by atoms with E-state index in [4.69, 9.17) is 9.88 Å². The number of nitrogens with zero attached hydrogens (tertiary/aromatic N) is 3. The first-order valence-corrected chi connectivity index (χ1v) is 8.77. The molecule has 0 saturated carbocycles. The highest BCUT2D eigenvalue weighted by Gasteiger charge is 2.08. The number of ether oxygens (including phenoxy) is 1. The molecule has 0 unspecified atom stereocenters. The fourth-order valence-electron chi connectivity index (χ4n) is 2.40.